The molecule has 0 spiro atoms. The molecule has 7 nitrogen and oxygen atoms in total. The molecule has 0 aliphatic carbocycles. The van der Waals surface area contributed by atoms with Gasteiger partial charge in [0.15, 0.2) is 0 Å². The second kappa shape index (κ2) is 11.0. The van der Waals surface area contributed by atoms with Crippen LogP contribution in [0.2, 0.25) is 0 Å². The van der Waals surface area contributed by atoms with Gasteiger partial charge in [-0.1, -0.05) is 30.3 Å². The lowest BCUT2D eigenvalue weighted by Gasteiger charge is -2.11. The summed E-state index contributed by atoms with van der Waals surface area (Å²) in [5.41, 5.74) is 0.210. The molecule has 0 heterocycles. The van der Waals surface area contributed by atoms with Gasteiger partial charge in [0, 0.05) is 35.6 Å². The molecule has 0 fully saturated rings. The zero-order valence-electron chi connectivity index (χ0n) is 17.8. The largest absolute Gasteiger partial charge is 0.416 e. The minimum absolute atomic E-state index is 0.00545. The average Bonchev–Trinajstić information content (AvgIpc) is 2.79. The summed E-state index contributed by atoms with van der Waals surface area (Å²) < 4.78 is 38.6. The van der Waals surface area contributed by atoms with Crippen LogP contribution in [-0.4, -0.2) is 24.4 Å². The van der Waals surface area contributed by atoms with E-state index in [0.717, 1.165) is 12.1 Å². The number of amides is 4. The lowest BCUT2D eigenvalue weighted by Crippen LogP contribution is -2.31. The summed E-state index contributed by atoms with van der Waals surface area (Å²) in [7, 11) is 0. The van der Waals surface area contributed by atoms with Gasteiger partial charge in [-0.05, 0) is 48.5 Å². The van der Waals surface area contributed by atoms with Crippen LogP contribution in [0.1, 0.15) is 22.3 Å². The molecule has 0 saturated carbocycles. The SMILES string of the molecule is O=C(CCNC(=O)Nc1ccccc1)Nc1cccc(C(=O)Nc2cccc(C(F)(F)F)c2)c1. The molecule has 0 unspecified atom stereocenters. The Hall–Kier alpha value is -4.34. The minimum Gasteiger partial charge on any atom is -0.337 e. The van der Waals surface area contributed by atoms with Crippen LogP contribution >= 0.6 is 0 Å². The number of hydrogen-bond acceptors (Lipinski definition) is 3. The molecule has 3 aromatic rings. The van der Waals surface area contributed by atoms with Crippen molar-refractivity contribution in [3.63, 3.8) is 0 Å². The van der Waals surface area contributed by atoms with Crippen LogP contribution in [0.15, 0.2) is 78.9 Å². The van der Waals surface area contributed by atoms with E-state index >= 15 is 0 Å². The highest BCUT2D eigenvalue weighted by Gasteiger charge is 2.30. The van der Waals surface area contributed by atoms with E-state index in [4.69, 9.17) is 0 Å². The fourth-order valence-electron chi connectivity index (χ4n) is 2.92. The number of anilines is 3. The third kappa shape index (κ3) is 7.37. The minimum atomic E-state index is -4.53. The number of benzene rings is 3. The third-order valence-corrected chi connectivity index (χ3v) is 4.53. The van der Waals surface area contributed by atoms with E-state index in [9.17, 15) is 27.6 Å². The smallest absolute Gasteiger partial charge is 0.337 e. The Morgan fingerprint density at radius 3 is 2.06 bits per heavy atom. The van der Waals surface area contributed by atoms with Gasteiger partial charge in [0.2, 0.25) is 5.91 Å². The van der Waals surface area contributed by atoms with Crippen molar-refractivity contribution in [1.82, 2.24) is 5.32 Å². The molecule has 0 aromatic heterocycles. The third-order valence-electron chi connectivity index (χ3n) is 4.53. The first kappa shape index (κ1) is 24.3. The van der Waals surface area contributed by atoms with Crippen molar-refractivity contribution in [3.8, 4) is 0 Å². The van der Waals surface area contributed by atoms with Crippen LogP contribution < -0.4 is 21.3 Å². The first-order chi connectivity index (χ1) is 16.2. The summed E-state index contributed by atoms with van der Waals surface area (Å²) in [4.78, 5) is 36.5. The van der Waals surface area contributed by atoms with Gasteiger partial charge in [-0.15, -0.1) is 0 Å². The molecule has 0 aliphatic heterocycles. The Kier molecular flexibility index (Phi) is 7.86. The average molecular weight is 470 g/mol. The highest BCUT2D eigenvalue weighted by atomic mass is 19.4. The normalized spacial score (nSPS) is 10.8. The van der Waals surface area contributed by atoms with Crippen molar-refractivity contribution in [1.29, 1.82) is 0 Å². The van der Waals surface area contributed by atoms with Crippen molar-refractivity contribution in [2.45, 2.75) is 12.6 Å². The number of hydrogen-bond donors (Lipinski definition) is 4. The first-order valence-corrected chi connectivity index (χ1v) is 10.2. The number of halogens is 3. The Labute approximate surface area is 193 Å². The van der Waals surface area contributed by atoms with E-state index in [0.29, 0.717) is 11.4 Å². The summed E-state index contributed by atoms with van der Waals surface area (Å²) >= 11 is 0. The molecule has 4 N–H and O–H groups in total. The van der Waals surface area contributed by atoms with E-state index < -0.39 is 29.6 Å². The molecule has 0 saturated heterocycles. The van der Waals surface area contributed by atoms with E-state index in [1.54, 1.807) is 30.3 Å². The number of carbonyl (C=O) groups excluding carboxylic acids is 3. The molecule has 0 aliphatic rings. The van der Waals surface area contributed by atoms with Crippen LogP contribution in [0.4, 0.5) is 35.0 Å². The highest BCUT2D eigenvalue weighted by Crippen LogP contribution is 2.30. The van der Waals surface area contributed by atoms with Crippen molar-refractivity contribution < 1.29 is 27.6 Å². The lowest BCUT2D eigenvalue weighted by molar-refractivity contribution is -0.137. The molecular weight excluding hydrogens is 449 g/mol. The van der Waals surface area contributed by atoms with Gasteiger partial charge >= 0.3 is 12.2 Å². The maximum atomic E-state index is 12.9. The fraction of sp³-hybridized carbons (Fsp3) is 0.125. The number of alkyl halides is 3. The summed E-state index contributed by atoms with van der Waals surface area (Å²) in [5.74, 6) is -1.02. The number of nitrogens with one attached hydrogen (secondary N) is 4. The van der Waals surface area contributed by atoms with E-state index in [2.05, 4.69) is 21.3 Å². The second-order valence-corrected chi connectivity index (χ2v) is 7.16. The maximum Gasteiger partial charge on any atom is 0.416 e. The molecule has 176 valence electrons. The molecule has 3 aromatic carbocycles. The monoisotopic (exact) mass is 470 g/mol. The summed E-state index contributed by atoms with van der Waals surface area (Å²) in [6.45, 7) is 0.0836. The zero-order chi connectivity index (χ0) is 24.6. The topological polar surface area (TPSA) is 99.3 Å². The van der Waals surface area contributed by atoms with Crippen LogP contribution in [0.25, 0.3) is 0 Å². The van der Waals surface area contributed by atoms with Gasteiger partial charge in [0.05, 0.1) is 5.56 Å². The van der Waals surface area contributed by atoms with Gasteiger partial charge < -0.3 is 21.3 Å². The standard InChI is InChI=1S/C24H21F3N4O3/c25-24(26,27)17-7-5-11-20(15-17)30-22(33)16-6-4-10-19(14-16)29-21(32)12-13-28-23(34)31-18-8-2-1-3-9-18/h1-11,14-15H,12-13H2,(H,29,32)(H,30,33)(H2,28,31,34). The Bertz CT molecular complexity index is 1170. The van der Waals surface area contributed by atoms with Crippen molar-refractivity contribution in [2.24, 2.45) is 0 Å². The van der Waals surface area contributed by atoms with Crippen LogP contribution in [0, 0.1) is 0 Å². The van der Waals surface area contributed by atoms with Gasteiger partial charge in [0.1, 0.15) is 0 Å². The van der Waals surface area contributed by atoms with Gasteiger partial charge in [-0.2, -0.15) is 13.2 Å². The second-order valence-electron chi connectivity index (χ2n) is 7.16. The summed E-state index contributed by atoms with van der Waals surface area (Å²) in [6.07, 6.45) is -4.54. The lowest BCUT2D eigenvalue weighted by atomic mass is 10.1. The molecule has 4 amide bonds. The van der Waals surface area contributed by atoms with Crippen molar-refractivity contribution in [3.05, 3.63) is 90.0 Å². The fourth-order valence-corrected chi connectivity index (χ4v) is 2.92. The predicted molar refractivity (Wildman–Crippen MR) is 123 cm³/mol. The van der Waals surface area contributed by atoms with Gasteiger partial charge in [-0.3, -0.25) is 9.59 Å². The predicted octanol–water partition coefficient (Wildman–Crippen LogP) is 5.11. The molecule has 0 atom stereocenters. The van der Waals surface area contributed by atoms with Gasteiger partial charge in [0.25, 0.3) is 5.91 Å². The van der Waals surface area contributed by atoms with Crippen LogP contribution in [0.3, 0.4) is 0 Å². The van der Waals surface area contributed by atoms with E-state index in [-0.39, 0.29) is 24.2 Å². The van der Waals surface area contributed by atoms with Crippen LogP contribution in [0.5, 0.6) is 0 Å². The Balaban J connectivity index is 1.50. The number of para-hydroxylation sites is 1. The van der Waals surface area contributed by atoms with Crippen molar-refractivity contribution >= 4 is 34.9 Å². The van der Waals surface area contributed by atoms with Gasteiger partial charge in [-0.25, -0.2) is 4.79 Å². The molecule has 0 radical (unpaired) electrons. The molecule has 0 bridgehead atoms. The van der Waals surface area contributed by atoms with E-state index in [1.165, 1.54) is 30.3 Å². The summed E-state index contributed by atoms with van der Waals surface area (Å²) in [6, 6.07) is 18.6. The molecule has 10 heteroatoms. The molecule has 34 heavy (non-hydrogen) atoms. The number of urea groups is 1. The number of carbonyl (C=O) groups is 3. The first-order valence-electron chi connectivity index (χ1n) is 10.2. The molecule has 3 rings (SSSR count). The quantitative estimate of drug-likeness (QED) is 0.386. The number of rotatable bonds is 7. The zero-order valence-corrected chi connectivity index (χ0v) is 17.8. The van der Waals surface area contributed by atoms with Crippen molar-refractivity contribution in [2.75, 3.05) is 22.5 Å². The maximum absolute atomic E-state index is 12.9. The molecular formula is C24H21F3N4O3. The van der Waals surface area contributed by atoms with Crippen LogP contribution in [-0.2, 0) is 11.0 Å². The highest BCUT2D eigenvalue weighted by molar-refractivity contribution is 6.05. The Morgan fingerprint density at radius 1 is 0.706 bits per heavy atom. The Morgan fingerprint density at radius 2 is 1.35 bits per heavy atom. The summed E-state index contributed by atoms with van der Waals surface area (Å²) in [5, 5.41) is 10.2. The van der Waals surface area contributed by atoms with E-state index in [1.807, 2.05) is 6.07 Å².